The first-order valence-corrected chi connectivity index (χ1v) is 21.2. The fourth-order valence-electron chi connectivity index (χ4n) is 7.96. The Morgan fingerprint density at radius 2 is 1.40 bits per heavy atom. The van der Waals surface area contributed by atoms with Crippen LogP contribution in [-0.2, 0) is 30.0 Å². The van der Waals surface area contributed by atoms with Gasteiger partial charge in [-0.1, -0.05) is 133 Å². The summed E-state index contributed by atoms with van der Waals surface area (Å²) in [5, 5.41) is 13.8. The fraction of sp³-hybridized carbons (Fsp3) is 0.556. The summed E-state index contributed by atoms with van der Waals surface area (Å²) in [5.41, 5.74) is 1.10. The largest absolute Gasteiger partial charge is 0.497 e. The summed E-state index contributed by atoms with van der Waals surface area (Å²) in [7, 11) is 0.729. The summed E-state index contributed by atoms with van der Waals surface area (Å²) in [6.45, 7) is 21.0. The van der Waals surface area contributed by atoms with Crippen molar-refractivity contribution in [2.75, 3.05) is 27.4 Å². The highest BCUT2D eigenvalue weighted by Crippen LogP contribution is 2.39. The molecule has 0 aliphatic carbocycles. The summed E-state index contributed by atoms with van der Waals surface area (Å²) in [5.74, 6) is 0.259. The quantitative estimate of drug-likeness (QED) is 0.104. The summed E-state index contributed by atoms with van der Waals surface area (Å²) < 4.78 is 37.6. The van der Waals surface area contributed by atoms with Crippen LogP contribution in [0, 0.1) is 23.7 Å². The van der Waals surface area contributed by atoms with E-state index in [4.69, 9.17) is 28.1 Å². The minimum Gasteiger partial charge on any atom is -0.497 e. The molecule has 0 bridgehead atoms. The van der Waals surface area contributed by atoms with Crippen LogP contribution in [0.25, 0.3) is 0 Å². The molecule has 1 aliphatic heterocycles. The number of benzene rings is 3. The van der Waals surface area contributed by atoms with E-state index < -0.39 is 20.2 Å². The molecule has 8 heteroatoms. The summed E-state index contributed by atoms with van der Waals surface area (Å²) in [6.07, 6.45) is 3.65. The molecule has 4 rings (SSSR count). The minimum absolute atomic E-state index is 0.0458. The Hall–Kier alpha value is -2.82. The van der Waals surface area contributed by atoms with Gasteiger partial charge in [0.2, 0.25) is 0 Å². The molecule has 8 atom stereocenters. The van der Waals surface area contributed by atoms with Crippen molar-refractivity contribution < 1.29 is 33.2 Å². The van der Waals surface area contributed by atoms with Crippen molar-refractivity contribution in [1.82, 2.24) is 0 Å². The topological polar surface area (TPSA) is 75.6 Å². The van der Waals surface area contributed by atoms with Crippen molar-refractivity contribution in [2.24, 2.45) is 23.7 Å². The van der Waals surface area contributed by atoms with Crippen molar-refractivity contribution in [2.45, 2.75) is 111 Å². The molecule has 292 valence electrons. The number of rotatable bonds is 18. The first kappa shape index (κ1) is 42.9. The van der Waals surface area contributed by atoms with Gasteiger partial charge in [0, 0.05) is 37.4 Å². The first-order chi connectivity index (χ1) is 25.1. The molecule has 0 amide bonds. The van der Waals surface area contributed by atoms with Crippen LogP contribution in [0.2, 0.25) is 5.04 Å². The Kier molecular flexibility index (Phi) is 15.5. The van der Waals surface area contributed by atoms with E-state index in [1.807, 2.05) is 44.2 Å². The summed E-state index contributed by atoms with van der Waals surface area (Å²) in [4.78, 5) is 0. The second kappa shape index (κ2) is 19.2. The van der Waals surface area contributed by atoms with E-state index in [9.17, 15) is 5.11 Å². The Bertz CT molecular complexity index is 1480. The van der Waals surface area contributed by atoms with E-state index in [1.165, 1.54) is 10.4 Å². The number of hydrogen-bond donors (Lipinski definition) is 1. The molecule has 1 saturated heterocycles. The highest BCUT2D eigenvalue weighted by Gasteiger charge is 2.50. The molecule has 0 aromatic heterocycles. The van der Waals surface area contributed by atoms with Crippen LogP contribution < -0.4 is 15.1 Å². The maximum atomic E-state index is 11.5. The maximum Gasteiger partial charge on any atom is 0.261 e. The average Bonchev–Trinajstić information content (AvgIpc) is 3.14. The highest BCUT2D eigenvalue weighted by molar-refractivity contribution is 6.99. The standard InChI is InChI=1S/C45H66O7Si/c1-32(42-35(4)43(52-45(8,9)51-42)33(2)30-49-31-36-23-25-37(47-10)26-24-36)22-27-40(46)34(3)41(48-11)28-29-50-53(44(5,6)7,38-18-14-12-15-19-38)39-20-16-13-17-21-39/h12-27,32-35,40-43,46H,28-31H2,1-11H3/b27-22+/t32-,33-,34-,35-,40?,41+,42-,43-/m0/s1. The van der Waals surface area contributed by atoms with Crippen molar-refractivity contribution in [1.29, 1.82) is 0 Å². The molecule has 1 fully saturated rings. The van der Waals surface area contributed by atoms with Gasteiger partial charge in [-0.05, 0) is 53.4 Å². The van der Waals surface area contributed by atoms with Crippen LogP contribution >= 0.6 is 0 Å². The summed E-state index contributed by atoms with van der Waals surface area (Å²) >= 11 is 0. The lowest BCUT2D eigenvalue weighted by atomic mass is 9.82. The predicted molar refractivity (Wildman–Crippen MR) is 217 cm³/mol. The lowest BCUT2D eigenvalue weighted by Gasteiger charge is -2.48. The van der Waals surface area contributed by atoms with E-state index in [2.05, 4.69) is 115 Å². The smallest absolute Gasteiger partial charge is 0.261 e. The third-order valence-corrected chi connectivity index (χ3v) is 16.0. The third-order valence-electron chi connectivity index (χ3n) is 10.9. The number of methoxy groups -OCH3 is 2. The van der Waals surface area contributed by atoms with Gasteiger partial charge in [0.1, 0.15) is 5.75 Å². The van der Waals surface area contributed by atoms with Crippen molar-refractivity contribution >= 4 is 18.7 Å². The molecule has 0 radical (unpaired) electrons. The lowest BCUT2D eigenvalue weighted by Crippen LogP contribution is -2.66. The molecule has 3 aromatic rings. The van der Waals surface area contributed by atoms with Gasteiger partial charge >= 0.3 is 0 Å². The van der Waals surface area contributed by atoms with Crippen molar-refractivity contribution in [3.05, 3.63) is 103 Å². The van der Waals surface area contributed by atoms with Gasteiger partial charge in [0.25, 0.3) is 8.32 Å². The van der Waals surface area contributed by atoms with E-state index in [1.54, 1.807) is 14.2 Å². The average molecular weight is 747 g/mol. The van der Waals surface area contributed by atoms with E-state index in [-0.39, 0.29) is 47.0 Å². The van der Waals surface area contributed by atoms with Crippen LogP contribution in [0.1, 0.15) is 74.3 Å². The molecule has 53 heavy (non-hydrogen) atoms. The van der Waals surface area contributed by atoms with Gasteiger partial charge in [-0.25, -0.2) is 0 Å². The van der Waals surface area contributed by atoms with Gasteiger partial charge < -0.3 is 33.2 Å². The Morgan fingerprint density at radius 3 is 1.92 bits per heavy atom. The van der Waals surface area contributed by atoms with Gasteiger partial charge in [-0.15, -0.1) is 0 Å². The second-order valence-corrected chi connectivity index (χ2v) is 20.7. The number of aliphatic hydroxyl groups is 1. The molecule has 1 heterocycles. The van der Waals surface area contributed by atoms with E-state index in [0.717, 1.165) is 11.3 Å². The van der Waals surface area contributed by atoms with Crippen LogP contribution in [0.3, 0.4) is 0 Å². The Labute approximate surface area is 321 Å². The van der Waals surface area contributed by atoms with Gasteiger partial charge in [-0.2, -0.15) is 0 Å². The normalized spacial score (nSPS) is 22.2. The zero-order chi connectivity index (χ0) is 38.8. The minimum atomic E-state index is -2.67. The monoisotopic (exact) mass is 746 g/mol. The Balaban J connectivity index is 1.38. The molecule has 1 unspecified atom stereocenters. The predicted octanol–water partition coefficient (Wildman–Crippen LogP) is 8.18. The van der Waals surface area contributed by atoms with Crippen molar-refractivity contribution in [3.63, 3.8) is 0 Å². The van der Waals surface area contributed by atoms with Crippen LogP contribution in [0.4, 0.5) is 0 Å². The fourth-order valence-corrected chi connectivity index (χ4v) is 12.5. The Morgan fingerprint density at radius 1 is 0.830 bits per heavy atom. The zero-order valence-corrected chi connectivity index (χ0v) is 35.1. The molecular formula is C45H66O7Si. The molecular weight excluding hydrogens is 681 g/mol. The van der Waals surface area contributed by atoms with Gasteiger partial charge in [0.15, 0.2) is 5.79 Å². The molecule has 0 saturated carbocycles. The van der Waals surface area contributed by atoms with Crippen LogP contribution in [0.5, 0.6) is 5.75 Å². The SMILES string of the molecule is COc1ccc(COC[C@H](C)[C@@H]2OC(C)(C)O[C@@H]([C@@H](C)/C=C/C(O)[C@H](C)[C@@H](CCO[Si](c3ccccc3)(c3ccccc3)C(C)(C)C)OC)[C@@H]2C)cc1. The molecule has 1 N–H and O–H groups in total. The molecule has 1 aliphatic rings. The second-order valence-electron chi connectivity index (χ2n) is 16.4. The third kappa shape index (κ3) is 10.9. The zero-order valence-electron chi connectivity index (χ0n) is 34.1. The maximum absolute atomic E-state index is 11.5. The van der Waals surface area contributed by atoms with Crippen LogP contribution in [0.15, 0.2) is 97.1 Å². The highest BCUT2D eigenvalue weighted by atomic mass is 28.4. The summed E-state index contributed by atoms with van der Waals surface area (Å²) in [6, 6.07) is 29.3. The van der Waals surface area contributed by atoms with E-state index >= 15 is 0 Å². The van der Waals surface area contributed by atoms with Gasteiger partial charge in [0.05, 0.1) is 44.7 Å². The first-order valence-electron chi connectivity index (χ1n) is 19.3. The van der Waals surface area contributed by atoms with Crippen molar-refractivity contribution in [3.8, 4) is 5.75 Å². The van der Waals surface area contributed by atoms with Gasteiger partial charge in [-0.3, -0.25) is 0 Å². The van der Waals surface area contributed by atoms with E-state index in [0.29, 0.717) is 26.2 Å². The number of ether oxygens (including phenoxy) is 5. The molecule has 7 nitrogen and oxygen atoms in total. The van der Waals surface area contributed by atoms with Crippen LogP contribution in [-0.4, -0.2) is 71.1 Å². The molecule has 0 spiro atoms. The molecule has 3 aromatic carbocycles. The number of aliphatic hydroxyl groups excluding tert-OH is 1. The lowest BCUT2D eigenvalue weighted by molar-refractivity contribution is -0.333. The number of hydrogen-bond acceptors (Lipinski definition) is 7.